The van der Waals surface area contributed by atoms with Gasteiger partial charge in [-0.05, 0) is 25.7 Å². The van der Waals surface area contributed by atoms with E-state index in [0.717, 1.165) is 79.3 Å². The minimum Gasteiger partial charge on any atom is -0.382 e. The number of anilines is 2. The van der Waals surface area contributed by atoms with E-state index in [4.69, 9.17) is 19.2 Å². The maximum atomic E-state index is 12.6. The first-order valence-electron chi connectivity index (χ1n) is 11.1. The highest BCUT2D eigenvalue weighted by molar-refractivity contribution is 7.85. The monoisotopic (exact) mass is 446 g/mol. The number of hydrogen-bond acceptors (Lipinski definition) is 9. The molecule has 31 heavy (non-hydrogen) atoms. The van der Waals surface area contributed by atoms with Gasteiger partial charge < -0.3 is 19.5 Å². The van der Waals surface area contributed by atoms with Crippen LogP contribution in [0.15, 0.2) is 9.42 Å². The van der Waals surface area contributed by atoms with Gasteiger partial charge in [-0.25, -0.2) is 4.98 Å². The first kappa shape index (κ1) is 20.8. The van der Waals surface area contributed by atoms with E-state index < -0.39 is 10.8 Å². The lowest BCUT2D eigenvalue weighted by atomic mass is 9.97. The molecule has 1 atom stereocenters. The summed E-state index contributed by atoms with van der Waals surface area (Å²) in [4.78, 5) is 17.3. The molecule has 10 heteroatoms. The largest absolute Gasteiger partial charge is 0.382 e. The van der Waals surface area contributed by atoms with Crippen molar-refractivity contribution in [3.05, 3.63) is 17.4 Å². The van der Waals surface area contributed by atoms with Crippen molar-refractivity contribution >= 4 is 22.6 Å². The molecule has 1 aliphatic carbocycles. The number of aromatic nitrogens is 4. The van der Waals surface area contributed by atoms with Gasteiger partial charge >= 0.3 is 0 Å². The Morgan fingerprint density at radius 2 is 2.03 bits per heavy atom. The molecule has 3 aliphatic rings. The lowest BCUT2D eigenvalue weighted by Crippen LogP contribution is -2.35. The van der Waals surface area contributed by atoms with Crippen molar-refractivity contribution in [1.29, 1.82) is 0 Å². The number of nitrogens with one attached hydrogen (secondary N) is 1. The van der Waals surface area contributed by atoms with Crippen LogP contribution in [0.4, 0.5) is 11.8 Å². The number of nitrogens with zero attached hydrogens (tertiary/aromatic N) is 5. The summed E-state index contributed by atoms with van der Waals surface area (Å²) in [7, 11) is 0.676. The van der Waals surface area contributed by atoms with Gasteiger partial charge in [0.15, 0.2) is 5.82 Å². The van der Waals surface area contributed by atoms with E-state index in [1.165, 1.54) is 0 Å². The van der Waals surface area contributed by atoms with E-state index in [0.29, 0.717) is 12.4 Å². The minimum absolute atomic E-state index is 0.0833. The van der Waals surface area contributed by atoms with Gasteiger partial charge in [0.05, 0.1) is 28.6 Å². The molecule has 2 aromatic heterocycles. The molecule has 5 rings (SSSR count). The third-order valence-electron chi connectivity index (χ3n) is 6.43. The molecule has 0 bridgehead atoms. The van der Waals surface area contributed by atoms with E-state index >= 15 is 0 Å². The molecule has 4 heterocycles. The molecular weight excluding hydrogens is 416 g/mol. The molecule has 9 nitrogen and oxygen atoms in total. The zero-order chi connectivity index (χ0) is 21.6. The molecular formula is C21H30N6O3S. The van der Waals surface area contributed by atoms with Crippen molar-refractivity contribution < 1.29 is 13.5 Å². The molecule has 1 N–H and O–H groups in total. The van der Waals surface area contributed by atoms with Crippen LogP contribution >= 0.6 is 0 Å². The number of fused-ring (bicyclic) bond motifs is 1. The van der Waals surface area contributed by atoms with Crippen molar-refractivity contribution in [3.8, 4) is 0 Å². The zero-order valence-corrected chi connectivity index (χ0v) is 19.2. The normalized spacial score (nSPS) is 22.7. The standard InChI is InChI=1S/C21H30N6O3S/c1-13(2)17-23-19(30-26-17)14-4-9-27(10-5-14)20-22-15-6-11-31(28)16(15)18(24-20)25-21(7-8-21)12-29-3/h13-14H,4-12H2,1-3H3,(H,22,24,25). The molecule has 0 radical (unpaired) electrons. The predicted octanol–water partition coefficient (Wildman–Crippen LogP) is 2.62. The molecule has 2 fully saturated rings. The van der Waals surface area contributed by atoms with Crippen LogP contribution < -0.4 is 10.2 Å². The predicted molar refractivity (Wildman–Crippen MR) is 117 cm³/mol. The number of methoxy groups -OCH3 is 1. The summed E-state index contributed by atoms with van der Waals surface area (Å²) in [5, 5.41) is 7.67. The van der Waals surface area contributed by atoms with Gasteiger partial charge in [0, 0.05) is 44.2 Å². The van der Waals surface area contributed by atoms with E-state index in [-0.39, 0.29) is 17.4 Å². The van der Waals surface area contributed by atoms with Gasteiger partial charge in [-0.3, -0.25) is 4.21 Å². The van der Waals surface area contributed by atoms with Crippen molar-refractivity contribution in [2.45, 2.75) is 68.2 Å². The fourth-order valence-electron chi connectivity index (χ4n) is 4.37. The second-order valence-corrected chi connectivity index (χ2v) is 10.7. The number of aryl methyl sites for hydroxylation is 1. The number of ether oxygens (including phenoxy) is 1. The topological polar surface area (TPSA) is 106 Å². The maximum absolute atomic E-state index is 12.6. The second-order valence-electron chi connectivity index (χ2n) is 9.19. The van der Waals surface area contributed by atoms with E-state index in [1.807, 2.05) is 0 Å². The fraction of sp³-hybridized carbons (Fsp3) is 0.714. The minimum atomic E-state index is -1.04. The highest BCUT2D eigenvalue weighted by atomic mass is 32.2. The van der Waals surface area contributed by atoms with Crippen LogP contribution in [0.3, 0.4) is 0 Å². The number of hydrogen-bond donors (Lipinski definition) is 1. The Morgan fingerprint density at radius 3 is 2.68 bits per heavy atom. The first-order chi connectivity index (χ1) is 15.0. The van der Waals surface area contributed by atoms with Crippen LogP contribution in [0.1, 0.15) is 68.8 Å². The highest BCUT2D eigenvalue weighted by Crippen LogP contribution is 2.41. The van der Waals surface area contributed by atoms with E-state index in [9.17, 15) is 4.21 Å². The van der Waals surface area contributed by atoms with Crippen LogP contribution in [0.5, 0.6) is 0 Å². The Morgan fingerprint density at radius 1 is 1.26 bits per heavy atom. The number of piperidine rings is 1. The van der Waals surface area contributed by atoms with E-state index in [2.05, 4.69) is 34.2 Å². The quantitative estimate of drug-likeness (QED) is 0.687. The molecule has 2 aromatic rings. The van der Waals surface area contributed by atoms with Gasteiger partial charge in [-0.1, -0.05) is 19.0 Å². The lowest BCUT2D eigenvalue weighted by Gasteiger charge is -2.31. The summed E-state index contributed by atoms with van der Waals surface area (Å²) in [5.41, 5.74) is 0.833. The summed E-state index contributed by atoms with van der Waals surface area (Å²) in [6.07, 6.45) is 4.65. The third kappa shape index (κ3) is 4.07. The molecule has 1 unspecified atom stereocenters. The van der Waals surface area contributed by atoms with Gasteiger partial charge in [0.1, 0.15) is 10.7 Å². The Hall–Kier alpha value is -2.07. The Kier molecular flexibility index (Phi) is 5.45. The van der Waals surface area contributed by atoms with E-state index in [1.54, 1.807) is 7.11 Å². The molecule has 168 valence electrons. The zero-order valence-electron chi connectivity index (χ0n) is 18.4. The van der Waals surface area contributed by atoms with Gasteiger partial charge in [-0.2, -0.15) is 9.97 Å². The van der Waals surface area contributed by atoms with Crippen LogP contribution in [-0.4, -0.2) is 62.4 Å². The highest BCUT2D eigenvalue weighted by Gasteiger charge is 2.44. The SMILES string of the molecule is COCC1(Nc2nc(N3CCC(c4nc(C(C)C)no4)CC3)nc3c2S(=O)CC3)CC1. The van der Waals surface area contributed by atoms with Crippen molar-refractivity contribution in [2.24, 2.45) is 0 Å². The van der Waals surface area contributed by atoms with Gasteiger partial charge in [0.2, 0.25) is 11.8 Å². The van der Waals surface area contributed by atoms with Crippen LogP contribution in [0, 0.1) is 0 Å². The van der Waals surface area contributed by atoms with Crippen molar-refractivity contribution in [2.75, 3.05) is 42.8 Å². The molecule has 1 saturated heterocycles. The second kappa shape index (κ2) is 8.12. The van der Waals surface area contributed by atoms with Crippen molar-refractivity contribution in [3.63, 3.8) is 0 Å². The van der Waals surface area contributed by atoms with Crippen molar-refractivity contribution in [1.82, 2.24) is 20.1 Å². The maximum Gasteiger partial charge on any atom is 0.229 e. The molecule has 0 spiro atoms. The third-order valence-corrected chi connectivity index (χ3v) is 7.89. The van der Waals surface area contributed by atoms with Gasteiger partial charge in [0.25, 0.3) is 0 Å². The average Bonchev–Trinajstić information content (AvgIpc) is 3.17. The van der Waals surface area contributed by atoms with Crippen LogP contribution in [-0.2, 0) is 22.0 Å². The average molecular weight is 447 g/mol. The smallest absolute Gasteiger partial charge is 0.229 e. The summed E-state index contributed by atoms with van der Waals surface area (Å²) in [6, 6.07) is 0. The fourth-order valence-corrected chi connectivity index (χ4v) is 5.67. The molecule has 1 saturated carbocycles. The van der Waals surface area contributed by atoms with Crippen LogP contribution in [0.25, 0.3) is 0 Å². The summed E-state index contributed by atoms with van der Waals surface area (Å²) < 4.78 is 23.5. The Labute approximate surface area is 184 Å². The summed E-state index contributed by atoms with van der Waals surface area (Å²) >= 11 is 0. The summed E-state index contributed by atoms with van der Waals surface area (Å²) in [6.45, 7) is 6.42. The molecule has 0 amide bonds. The first-order valence-corrected chi connectivity index (χ1v) is 12.4. The molecule has 0 aromatic carbocycles. The lowest BCUT2D eigenvalue weighted by molar-refractivity contribution is 0.179. The molecule has 2 aliphatic heterocycles. The number of rotatable bonds is 7. The summed E-state index contributed by atoms with van der Waals surface area (Å²) in [5.74, 6) is 4.12. The van der Waals surface area contributed by atoms with Gasteiger partial charge in [-0.15, -0.1) is 0 Å². The Bertz CT molecular complexity index is 981. The van der Waals surface area contributed by atoms with Crippen LogP contribution in [0.2, 0.25) is 0 Å². The Balaban J connectivity index is 1.34.